The summed E-state index contributed by atoms with van der Waals surface area (Å²) in [5.74, 6) is -1.11. The van der Waals surface area contributed by atoms with Crippen LogP contribution in [-0.2, 0) is 13.6 Å². The van der Waals surface area contributed by atoms with Gasteiger partial charge < -0.3 is 29.4 Å². The van der Waals surface area contributed by atoms with Crippen LogP contribution in [0.1, 0.15) is 46.4 Å². The number of benzene rings is 3. The Bertz CT molecular complexity index is 1760. The number of carbonyl (C=O) groups excluding carboxylic acids is 2. The Morgan fingerprint density at radius 1 is 1.00 bits per heavy atom. The molecule has 2 aliphatic rings. The van der Waals surface area contributed by atoms with Crippen LogP contribution in [0.2, 0.25) is 0 Å². The molecule has 12 heteroatoms. The predicted octanol–water partition coefficient (Wildman–Crippen LogP) is 3.72. The van der Waals surface area contributed by atoms with Gasteiger partial charge in [-0.05, 0) is 48.7 Å². The Labute approximate surface area is 256 Å². The van der Waals surface area contributed by atoms with Gasteiger partial charge in [-0.3, -0.25) is 13.8 Å². The molecule has 1 amide bonds. The third-order valence-corrected chi connectivity index (χ3v) is 8.30. The molecule has 1 aliphatic heterocycles. The lowest BCUT2D eigenvalue weighted by atomic mass is 9.89. The van der Waals surface area contributed by atoms with E-state index in [2.05, 4.69) is 9.84 Å². The van der Waals surface area contributed by atoms with Gasteiger partial charge in [0.2, 0.25) is 5.36 Å². The van der Waals surface area contributed by atoms with Crippen molar-refractivity contribution >= 4 is 36.4 Å². The molecule has 2 N–H and O–H groups in total. The fraction of sp³-hybridized carbons (Fsp3) is 0.344. The third-order valence-electron chi connectivity index (χ3n) is 7.33. The molecule has 44 heavy (non-hydrogen) atoms. The predicted molar refractivity (Wildman–Crippen MR) is 168 cm³/mol. The number of nitrogens with one attached hydrogen (secondary N) is 1. The van der Waals surface area contributed by atoms with E-state index in [-0.39, 0.29) is 18.1 Å². The fourth-order valence-electron chi connectivity index (χ4n) is 4.90. The molecule has 1 aliphatic carbocycles. The maximum Gasteiger partial charge on any atom is 0.471 e. The van der Waals surface area contributed by atoms with E-state index in [1.54, 1.807) is 6.07 Å². The van der Waals surface area contributed by atoms with Crippen LogP contribution in [0.15, 0.2) is 59.0 Å². The van der Waals surface area contributed by atoms with Gasteiger partial charge >= 0.3 is 7.82 Å². The quantitative estimate of drug-likeness (QED) is 0.0986. The fourth-order valence-corrected chi connectivity index (χ4v) is 5.37. The number of hydrogen-bond donors (Lipinski definition) is 2. The molecule has 0 fully saturated rings. The molecule has 0 saturated carbocycles. The molecule has 0 spiro atoms. The normalized spacial score (nSPS) is 12.7. The largest absolute Gasteiger partial charge is 0.545 e. The second-order valence-electron chi connectivity index (χ2n) is 10.8. The minimum atomic E-state index is -3.97. The Balaban J connectivity index is 1.65. The van der Waals surface area contributed by atoms with Gasteiger partial charge in [0.1, 0.15) is 25.4 Å². The van der Waals surface area contributed by atoms with Crippen LogP contribution in [0.3, 0.4) is 0 Å². The number of fused-ring (bicyclic) bond motifs is 2. The Morgan fingerprint density at radius 3 is 2.43 bits per heavy atom. The zero-order valence-corrected chi connectivity index (χ0v) is 26.5. The van der Waals surface area contributed by atoms with E-state index in [1.165, 1.54) is 12.1 Å². The van der Waals surface area contributed by atoms with Crippen molar-refractivity contribution in [3.63, 3.8) is 0 Å². The highest BCUT2D eigenvalue weighted by atomic mass is 31.2. The first kappa shape index (κ1) is 32.9. The number of amides is 1. The van der Waals surface area contributed by atoms with Crippen molar-refractivity contribution in [2.75, 3.05) is 53.4 Å². The number of phosphoric acid groups is 1. The number of carboxylic acid groups (broad SMARTS) is 1. The summed E-state index contributed by atoms with van der Waals surface area (Å²) in [7, 11) is 4.85. The maximum atomic E-state index is 13.2. The minimum absolute atomic E-state index is 0.0353. The second-order valence-corrected chi connectivity index (χ2v) is 12.4. The number of carbonyl (C=O) groups is 2. The SMILES string of the molecule is COP(=O)(O)OCCCCCCNC(=O)c1ccc(C(=O)[O-])c(-c2c3ccc(=[N+](C)C)cc-3oc3cc(N(C)C)ccc23)c1. The Kier molecular flexibility index (Phi) is 10.6. The van der Waals surface area contributed by atoms with Gasteiger partial charge in [0.15, 0.2) is 0 Å². The molecule has 0 saturated heterocycles. The topological polar surface area (TPSA) is 144 Å². The van der Waals surface area contributed by atoms with Crippen molar-refractivity contribution in [2.24, 2.45) is 0 Å². The molecule has 1 atom stereocenters. The first-order valence-electron chi connectivity index (χ1n) is 14.3. The second kappa shape index (κ2) is 14.2. The molecule has 2 aromatic carbocycles. The molecule has 0 bridgehead atoms. The average molecular weight is 624 g/mol. The van der Waals surface area contributed by atoms with Crippen molar-refractivity contribution in [1.82, 2.24) is 9.89 Å². The smallest absolute Gasteiger partial charge is 0.471 e. The van der Waals surface area contributed by atoms with Crippen LogP contribution in [0.5, 0.6) is 0 Å². The maximum absolute atomic E-state index is 13.2. The standard InChI is InChI=1S/C32H38N3O8P/c1-34(2)22-11-14-25-28(19-22)43-29-20-23(35(3)4)12-15-26(29)30(25)27-18-21(10-13-24(27)32(37)38)31(36)33-16-8-6-7-9-17-42-44(39,40)41-5/h10-15,18-20H,6-9,16-17H2,1-5H3,(H2-,33,36,37,38,39,40). The van der Waals surface area contributed by atoms with Gasteiger partial charge in [-0.25, -0.2) is 9.14 Å². The number of aromatic carboxylic acids is 1. The zero-order chi connectivity index (χ0) is 32.0. The molecule has 11 nitrogen and oxygen atoms in total. The highest BCUT2D eigenvalue weighted by Crippen LogP contribution is 2.43. The van der Waals surface area contributed by atoms with Gasteiger partial charge in [0, 0.05) is 73.2 Å². The van der Waals surface area contributed by atoms with E-state index in [1.807, 2.05) is 74.1 Å². The van der Waals surface area contributed by atoms with E-state index in [0.717, 1.165) is 31.0 Å². The van der Waals surface area contributed by atoms with Gasteiger partial charge in [-0.2, -0.15) is 0 Å². The molecule has 0 aromatic heterocycles. The number of nitrogens with zero attached hydrogens (tertiary/aromatic N) is 2. The average Bonchev–Trinajstić information content (AvgIpc) is 2.99. The van der Waals surface area contributed by atoms with Crippen molar-refractivity contribution in [1.29, 1.82) is 0 Å². The summed E-state index contributed by atoms with van der Waals surface area (Å²) in [5, 5.41) is 16.8. The third kappa shape index (κ3) is 7.73. The van der Waals surface area contributed by atoms with E-state index in [0.29, 0.717) is 58.4 Å². The number of carboxylic acids is 1. The Morgan fingerprint density at radius 2 is 1.75 bits per heavy atom. The monoisotopic (exact) mass is 623 g/mol. The lowest BCUT2D eigenvalue weighted by molar-refractivity contribution is -0.254. The summed E-state index contributed by atoms with van der Waals surface area (Å²) in [6.07, 6.45) is 2.78. The number of phosphoric ester groups is 1. The molecule has 2 aromatic rings. The van der Waals surface area contributed by atoms with E-state index in [4.69, 9.17) is 8.94 Å². The number of hydrogen-bond acceptors (Lipinski definition) is 8. The van der Waals surface area contributed by atoms with Gasteiger partial charge in [0.25, 0.3) is 5.91 Å². The van der Waals surface area contributed by atoms with E-state index < -0.39 is 13.8 Å². The summed E-state index contributed by atoms with van der Waals surface area (Å²) in [4.78, 5) is 36.7. The lowest BCUT2D eigenvalue weighted by Crippen LogP contribution is -2.26. The van der Waals surface area contributed by atoms with Crippen molar-refractivity contribution < 1.29 is 37.6 Å². The van der Waals surface area contributed by atoms with Crippen molar-refractivity contribution in [3.8, 4) is 22.5 Å². The highest BCUT2D eigenvalue weighted by Gasteiger charge is 2.22. The van der Waals surface area contributed by atoms with Crippen LogP contribution in [0.4, 0.5) is 5.69 Å². The summed E-state index contributed by atoms with van der Waals surface area (Å²) in [6, 6.07) is 16.0. The number of anilines is 1. The summed E-state index contributed by atoms with van der Waals surface area (Å²) in [6.45, 7) is 0.509. The molecular weight excluding hydrogens is 585 g/mol. The molecule has 234 valence electrons. The van der Waals surface area contributed by atoms with Crippen LogP contribution >= 0.6 is 7.82 Å². The van der Waals surface area contributed by atoms with Crippen LogP contribution in [0.25, 0.3) is 33.4 Å². The Hall–Kier alpha value is -4.02. The van der Waals surface area contributed by atoms with Crippen molar-refractivity contribution in [3.05, 3.63) is 71.1 Å². The van der Waals surface area contributed by atoms with Crippen LogP contribution in [-0.4, -0.2) is 65.2 Å². The first-order chi connectivity index (χ1) is 20.9. The van der Waals surface area contributed by atoms with E-state index in [9.17, 15) is 24.2 Å². The molecular formula is C32H38N3O8P. The number of rotatable bonds is 13. The van der Waals surface area contributed by atoms with Gasteiger partial charge in [-0.15, -0.1) is 0 Å². The first-order valence-corrected chi connectivity index (χ1v) is 15.8. The molecule has 1 heterocycles. The van der Waals surface area contributed by atoms with Gasteiger partial charge in [0.05, 0.1) is 18.6 Å². The lowest BCUT2D eigenvalue weighted by Gasteiger charge is -2.20. The van der Waals surface area contributed by atoms with Crippen LogP contribution < -0.4 is 25.3 Å². The highest BCUT2D eigenvalue weighted by molar-refractivity contribution is 7.47. The van der Waals surface area contributed by atoms with Crippen LogP contribution in [0, 0.1) is 0 Å². The van der Waals surface area contributed by atoms with E-state index >= 15 is 0 Å². The number of unbranched alkanes of at least 4 members (excludes halogenated alkanes) is 3. The summed E-state index contributed by atoms with van der Waals surface area (Å²) in [5.41, 5.74) is 3.46. The molecule has 4 rings (SSSR count). The van der Waals surface area contributed by atoms with Gasteiger partial charge in [-0.1, -0.05) is 18.9 Å². The van der Waals surface area contributed by atoms with Crippen molar-refractivity contribution in [2.45, 2.75) is 25.7 Å². The molecule has 1 unspecified atom stereocenters. The summed E-state index contributed by atoms with van der Waals surface area (Å²) < 4.78 is 28.8. The minimum Gasteiger partial charge on any atom is -0.545 e. The zero-order valence-electron chi connectivity index (χ0n) is 25.6. The summed E-state index contributed by atoms with van der Waals surface area (Å²) >= 11 is 0. The molecule has 0 radical (unpaired) electrons.